The molecular weight excluding hydrogens is 514 g/mol. The molecule has 2 aliphatic heterocycles. The number of morpholine rings is 1. The van der Waals surface area contributed by atoms with Gasteiger partial charge in [-0.15, -0.1) is 0 Å². The zero-order valence-corrected chi connectivity index (χ0v) is 21.2. The van der Waals surface area contributed by atoms with Gasteiger partial charge in [0.1, 0.15) is 11.1 Å². The van der Waals surface area contributed by atoms with E-state index >= 15 is 0 Å². The lowest BCUT2D eigenvalue weighted by Gasteiger charge is -2.27. The van der Waals surface area contributed by atoms with Gasteiger partial charge in [-0.05, 0) is 42.8 Å². The van der Waals surface area contributed by atoms with Gasteiger partial charge in [0.25, 0.3) is 0 Å². The van der Waals surface area contributed by atoms with Crippen molar-refractivity contribution < 1.29 is 18.7 Å². The number of halogens is 3. The zero-order chi connectivity index (χ0) is 24.8. The molecule has 2 saturated heterocycles. The van der Waals surface area contributed by atoms with Crippen LogP contribution in [0.25, 0.3) is 0 Å². The number of benzene rings is 2. The second-order valence-corrected chi connectivity index (χ2v) is 10.1. The van der Waals surface area contributed by atoms with Gasteiger partial charge in [-0.25, -0.2) is 9.38 Å². The molecule has 0 spiro atoms. The largest absolute Gasteiger partial charge is 0.379 e. The van der Waals surface area contributed by atoms with Crippen LogP contribution in [-0.4, -0.2) is 71.4 Å². The lowest BCUT2D eigenvalue weighted by molar-refractivity contribution is -0.128. The van der Waals surface area contributed by atoms with Crippen LogP contribution in [0.15, 0.2) is 47.5 Å². The number of ether oxygens (including phenoxy) is 1. The summed E-state index contributed by atoms with van der Waals surface area (Å²) in [6.07, 6.45) is 0.709. The Kier molecular flexibility index (Phi) is 9.02. The van der Waals surface area contributed by atoms with Gasteiger partial charge in [-0.1, -0.05) is 41.0 Å². The molecule has 2 fully saturated rings. The van der Waals surface area contributed by atoms with Crippen LogP contribution in [0.1, 0.15) is 12.8 Å². The highest BCUT2D eigenvalue weighted by atomic mass is 35.5. The lowest BCUT2D eigenvalue weighted by atomic mass is 10.2. The Labute approximate surface area is 217 Å². The van der Waals surface area contributed by atoms with E-state index in [9.17, 15) is 14.0 Å². The molecule has 0 saturated carbocycles. The molecule has 2 heterocycles. The number of hydrogen-bond donors (Lipinski definition) is 1. The molecule has 0 radical (unpaired) electrons. The van der Waals surface area contributed by atoms with E-state index in [4.69, 9.17) is 27.9 Å². The summed E-state index contributed by atoms with van der Waals surface area (Å²) in [5.41, 5.74) is 0.929. The molecule has 4 rings (SSSR count). The Morgan fingerprint density at radius 3 is 2.63 bits per heavy atom. The minimum Gasteiger partial charge on any atom is -0.379 e. The zero-order valence-electron chi connectivity index (χ0n) is 18.9. The molecule has 2 aromatic carbocycles. The highest BCUT2D eigenvalue weighted by Crippen LogP contribution is 2.33. The van der Waals surface area contributed by atoms with E-state index in [0.717, 1.165) is 26.1 Å². The van der Waals surface area contributed by atoms with Gasteiger partial charge in [-0.3, -0.25) is 19.4 Å². The molecule has 1 N–H and O–H groups in total. The number of aliphatic imine (C=N–C) groups is 1. The number of hydrogen-bond acceptors (Lipinski definition) is 6. The van der Waals surface area contributed by atoms with E-state index in [1.165, 1.54) is 23.9 Å². The molecule has 0 aliphatic carbocycles. The Bertz CT molecular complexity index is 1100. The number of rotatable bonds is 8. The van der Waals surface area contributed by atoms with Crippen LogP contribution < -0.4 is 5.32 Å². The van der Waals surface area contributed by atoms with Crippen molar-refractivity contribution in [2.45, 2.75) is 18.1 Å². The Hall–Kier alpha value is -2.17. The summed E-state index contributed by atoms with van der Waals surface area (Å²) >= 11 is 13.4. The van der Waals surface area contributed by atoms with E-state index in [1.54, 1.807) is 35.2 Å². The minimum absolute atomic E-state index is 0.0469. The smallest absolute Gasteiger partial charge is 0.242 e. The maximum absolute atomic E-state index is 13.3. The van der Waals surface area contributed by atoms with Crippen LogP contribution >= 0.6 is 35.0 Å². The molecule has 2 amide bonds. The average Bonchev–Trinajstić information content (AvgIpc) is 3.13. The SMILES string of the molecule is O=C(CC1SC(=Nc2ccc(F)cc2)N(CCCN2CCOCC2)C1=O)Nc1cccc(Cl)c1Cl. The minimum atomic E-state index is -0.629. The Morgan fingerprint density at radius 2 is 1.89 bits per heavy atom. The van der Waals surface area contributed by atoms with Gasteiger partial charge in [0.15, 0.2) is 5.17 Å². The summed E-state index contributed by atoms with van der Waals surface area (Å²) in [4.78, 5) is 34.5. The molecule has 186 valence electrons. The third kappa shape index (κ3) is 6.95. The number of nitrogens with one attached hydrogen (secondary N) is 1. The van der Waals surface area contributed by atoms with Crippen LogP contribution in [0.3, 0.4) is 0 Å². The number of amides is 2. The van der Waals surface area contributed by atoms with E-state index in [-0.39, 0.29) is 29.1 Å². The monoisotopic (exact) mass is 538 g/mol. The first-order valence-corrected chi connectivity index (χ1v) is 12.9. The van der Waals surface area contributed by atoms with Gasteiger partial charge >= 0.3 is 0 Å². The fourth-order valence-electron chi connectivity index (χ4n) is 3.80. The van der Waals surface area contributed by atoms with Crippen LogP contribution in [0.4, 0.5) is 15.8 Å². The van der Waals surface area contributed by atoms with E-state index in [0.29, 0.717) is 41.3 Å². The number of carbonyl (C=O) groups is 2. The van der Waals surface area contributed by atoms with Gasteiger partial charge < -0.3 is 10.1 Å². The number of anilines is 1. The second-order valence-electron chi connectivity index (χ2n) is 8.13. The van der Waals surface area contributed by atoms with Gasteiger partial charge in [0.2, 0.25) is 11.8 Å². The first-order chi connectivity index (χ1) is 16.9. The first kappa shape index (κ1) is 25.9. The Morgan fingerprint density at radius 1 is 1.14 bits per heavy atom. The normalized spacial score (nSPS) is 20.0. The number of thioether (sulfide) groups is 1. The number of amidine groups is 1. The molecule has 11 heteroatoms. The van der Waals surface area contributed by atoms with E-state index in [1.807, 2.05) is 0 Å². The third-order valence-electron chi connectivity index (χ3n) is 5.63. The van der Waals surface area contributed by atoms with Crippen molar-refractivity contribution in [1.29, 1.82) is 0 Å². The van der Waals surface area contributed by atoms with Crippen molar-refractivity contribution in [3.8, 4) is 0 Å². The molecule has 1 unspecified atom stereocenters. The van der Waals surface area contributed by atoms with Crippen molar-refractivity contribution in [3.05, 3.63) is 58.3 Å². The maximum Gasteiger partial charge on any atom is 0.242 e. The van der Waals surface area contributed by atoms with Crippen LogP contribution in [-0.2, 0) is 14.3 Å². The number of carbonyl (C=O) groups excluding carboxylic acids is 2. The molecule has 0 bridgehead atoms. The first-order valence-electron chi connectivity index (χ1n) is 11.3. The fourth-order valence-corrected chi connectivity index (χ4v) is 5.34. The molecular formula is C24H25Cl2FN4O3S. The predicted octanol–water partition coefficient (Wildman–Crippen LogP) is 4.82. The van der Waals surface area contributed by atoms with Crippen molar-refractivity contribution in [2.75, 3.05) is 44.7 Å². The highest BCUT2D eigenvalue weighted by Gasteiger charge is 2.39. The maximum atomic E-state index is 13.3. The lowest BCUT2D eigenvalue weighted by Crippen LogP contribution is -2.39. The van der Waals surface area contributed by atoms with Gasteiger partial charge in [0.05, 0.1) is 34.6 Å². The predicted molar refractivity (Wildman–Crippen MR) is 138 cm³/mol. The molecule has 7 nitrogen and oxygen atoms in total. The molecule has 35 heavy (non-hydrogen) atoms. The summed E-state index contributed by atoms with van der Waals surface area (Å²) in [7, 11) is 0. The van der Waals surface area contributed by atoms with Crippen LogP contribution in [0, 0.1) is 5.82 Å². The Balaban J connectivity index is 1.44. The average molecular weight is 539 g/mol. The summed E-state index contributed by atoms with van der Waals surface area (Å²) in [6.45, 7) is 4.47. The van der Waals surface area contributed by atoms with Crippen LogP contribution in [0.2, 0.25) is 10.0 Å². The van der Waals surface area contributed by atoms with Crippen molar-refractivity contribution in [2.24, 2.45) is 4.99 Å². The fraction of sp³-hybridized carbons (Fsp3) is 0.375. The van der Waals surface area contributed by atoms with Crippen molar-refractivity contribution in [3.63, 3.8) is 0 Å². The van der Waals surface area contributed by atoms with Crippen LogP contribution in [0.5, 0.6) is 0 Å². The molecule has 2 aliphatic rings. The third-order valence-corrected chi connectivity index (χ3v) is 7.62. The van der Waals surface area contributed by atoms with Gasteiger partial charge in [-0.2, -0.15) is 0 Å². The highest BCUT2D eigenvalue weighted by molar-refractivity contribution is 8.15. The second kappa shape index (κ2) is 12.2. The standard InChI is InChI=1S/C24H25Cl2FN4O3S/c25-18-3-1-4-19(22(18)26)29-21(32)15-20-23(33)31(10-2-9-30-11-13-34-14-12-30)24(35-20)28-17-7-5-16(27)6-8-17/h1,3-8,20H,2,9-15H2,(H,29,32). The van der Waals surface area contributed by atoms with Crippen molar-refractivity contribution >= 4 is 63.3 Å². The quantitative estimate of drug-likeness (QED) is 0.521. The molecule has 1 atom stereocenters. The molecule has 2 aromatic rings. The summed E-state index contributed by atoms with van der Waals surface area (Å²) in [6, 6.07) is 10.7. The summed E-state index contributed by atoms with van der Waals surface area (Å²) in [5, 5.41) is 3.18. The summed E-state index contributed by atoms with van der Waals surface area (Å²) < 4.78 is 18.7. The molecule has 0 aromatic heterocycles. The number of nitrogens with zero attached hydrogens (tertiary/aromatic N) is 3. The van der Waals surface area contributed by atoms with Crippen molar-refractivity contribution in [1.82, 2.24) is 9.80 Å². The summed E-state index contributed by atoms with van der Waals surface area (Å²) in [5.74, 6) is -0.887. The van der Waals surface area contributed by atoms with E-state index < -0.39 is 5.25 Å². The topological polar surface area (TPSA) is 74.2 Å². The van der Waals surface area contributed by atoms with Gasteiger partial charge in [0, 0.05) is 32.6 Å². The van der Waals surface area contributed by atoms with E-state index in [2.05, 4.69) is 15.2 Å².